The summed E-state index contributed by atoms with van der Waals surface area (Å²) < 4.78 is 32.4. The van der Waals surface area contributed by atoms with Crippen molar-refractivity contribution in [2.24, 2.45) is 0 Å². The highest BCUT2D eigenvalue weighted by Gasteiger charge is 2.21. The normalized spacial score (nSPS) is 11.2. The Bertz CT molecular complexity index is 540. The second-order valence-corrected chi connectivity index (χ2v) is 5.66. The van der Waals surface area contributed by atoms with E-state index in [9.17, 15) is 18.0 Å². The Hall–Kier alpha value is -1.83. The molecule has 0 atom stereocenters. The molecule has 8 heteroatoms. The van der Waals surface area contributed by atoms with Gasteiger partial charge in [-0.3, -0.25) is 4.79 Å². The molecule has 0 aliphatic rings. The fourth-order valence-electron chi connectivity index (χ4n) is 1.26. The predicted molar refractivity (Wildman–Crippen MR) is 59.8 cm³/mol. The highest BCUT2D eigenvalue weighted by Crippen LogP contribution is 2.15. The van der Waals surface area contributed by atoms with Crippen molar-refractivity contribution in [2.75, 3.05) is 12.9 Å². The average molecular weight is 276 g/mol. The topological polar surface area (TPSA) is 111 Å². The van der Waals surface area contributed by atoms with Crippen LogP contribution in [0, 0.1) is 0 Å². The van der Waals surface area contributed by atoms with E-state index in [1.165, 1.54) is 6.07 Å². The number of aromatic carboxylic acids is 1. The molecule has 1 rings (SSSR count). The summed E-state index contributed by atoms with van der Waals surface area (Å²) in [5.41, 5.74) is -0.198. The van der Waals surface area contributed by atoms with Crippen LogP contribution in [0.1, 0.15) is 22.5 Å². The van der Waals surface area contributed by atoms with Crippen LogP contribution < -0.4 is 0 Å². The number of sulfone groups is 1. The van der Waals surface area contributed by atoms with Gasteiger partial charge in [-0.1, -0.05) is 0 Å². The van der Waals surface area contributed by atoms with Gasteiger partial charge in [-0.05, 0) is 6.07 Å². The van der Waals surface area contributed by atoms with E-state index in [0.717, 1.165) is 13.4 Å². The van der Waals surface area contributed by atoms with Gasteiger partial charge in [0, 0.05) is 0 Å². The molecule has 1 heterocycles. The quantitative estimate of drug-likeness (QED) is 0.751. The number of carbonyl (C=O) groups is 2. The van der Waals surface area contributed by atoms with E-state index in [1.807, 2.05) is 0 Å². The number of furan rings is 1. The summed E-state index contributed by atoms with van der Waals surface area (Å²) in [5.74, 6) is -3.02. The molecule has 1 N–H and O–H groups in total. The number of rotatable bonds is 6. The molecule has 0 amide bonds. The molecule has 18 heavy (non-hydrogen) atoms. The van der Waals surface area contributed by atoms with Crippen molar-refractivity contribution in [3.05, 3.63) is 23.7 Å². The summed E-state index contributed by atoms with van der Waals surface area (Å²) in [5, 5.41) is 8.78. The SMILES string of the molecule is COC(=O)CCS(=O)(=O)Cc1occc1C(=O)O. The lowest BCUT2D eigenvalue weighted by Crippen LogP contribution is -2.15. The van der Waals surface area contributed by atoms with Gasteiger partial charge >= 0.3 is 11.9 Å². The first-order valence-electron chi connectivity index (χ1n) is 4.92. The zero-order valence-corrected chi connectivity index (χ0v) is 10.4. The lowest BCUT2D eigenvalue weighted by Gasteiger charge is -2.02. The van der Waals surface area contributed by atoms with Gasteiger partial charge in [0.25, 0.3) is 0 Å². The Morgan fingerprint density at radius 3 is 2.67 bits per heavy atom. The van der Waals surface area contributed by atoms with Crippen LogP contribution in [0.2, 0.25) is 0 Å². The first-order chi connectivity index (χ1) is 8.35. The molecule has 0 radical (unpaired) electrons. The Balaban J connectivity index is 2.74. The maximum Gasteiger partial charge on any atom is 0.339 e. The van der Waals surface area contributed by atoms with Crippen LogP contribution in [0.3, 0.4) is 0 Å². The molecule has 0 aromatic carbocycles. The van der Waals surface area contributed by atoms with Crippen molar-refractivity contribution >= 4 is 21.8 Å². The smallest absolute Gasteiger partial charge is 0.339 e. The van der Waals surface area contributed by atoms with Gasteiger partial charge in [-0.15, -0.1) is 0 Å². The number of hydrogen-bond donors (Lipinski definition) is 1. The van der Waals surface area contributed by atoms with Crippen LogP contribution in [-0.4, -0.2) is 38.3 Å². The molecular formula is C10H12O7S. The molecule has 0 bridgehead atoms. The number of carboxylic acids is 1. The summed E-state index contributed by atoms with van der Waals surface area (Å²) in [4.78, 5) is 21.6. The molecule has 0 fully saturated rings. The van der Waals surface area contributed by atoms with Crippen LogP contribution in [-0.2, 0) is 25.1 Å². The number of esters is 1. The number of carbonyl (C=O) groups excluding carboxylic acids is 1. The van der Waals surface area contributed by atoms with Crippen LogP contribution in [0.4, 0.5) is 0 Å². The zero-order chi connectivity index (χ0) is 13.8. The van der Waals surface area contributed by atoms with Gasteiger partial charge in [0.15, 0.2) is 9.84 Å². The van der Waals surface area contributed by atoms with Crippen molar-refractivity contribution in [1.29, 1.82) is 0 Å². The maximum absolute atomic E-state index is 11.6. The summed E-state index contributed by atoms with van der Waals surface area (Å²) in [7, 11) is -2.47. The number of ether oxygens (including phenoxy) is 1. The third kappa shape index (κ3) is 3.88. The minimum atomic E-state index is -3.62. The van der Waals surface area contributed by atoms with Crippen molar-refractivity contribution in [1.82, 2.24) is 0 Å². The number of carboxylic acid groups (broad SMARTS) is 1. The van der Waals surface area contributed by atoms with Gasteiger partial charge in [0.05, 0.1) is 25.5 Å². The van der Waals surface area contributed by atoms with Gasteiger partial charge < -0.3 is 14.3 Å². The monoisotopic (exact) mass is 276 g/mol. The van der Waals surface area contributed by atoms with E-state index >= 15 is 0 Å². The molecule has 7 nitrogen and oxygen atoms in total. The van der Waals surface area contributed by atoms with E-state index in [-0.39, 0.29) is 17.7 Å². The molecule has 100 valence electrons. The summed E-state index contributed by atoms with van der Waals surface area (Å²) in [6.07, 6.45) is 0.830. The molecule has 0 saturated carbocycles. The summed E-state index contributed by atoms with van der Waals surface area (Å²) in [6.45, 7) is 0. The van der Waals surface area contributed by atoms with Gasteiger partial charge in [0.1, 0.15) is 17.1 Å². The third-order valence-corrected chi connectivity index (χ3v) is 3.70. The summed E-state index contributed by atoms with van der Waals surface area (Å²) in [6, 6.07) is 1.17. The van der Waals surface area contributed by atoms with Crippen molar-refractivity contribution in [3.63, 3.8) is 0 Å². The minimum absolute atomic E-state index is 0.146. The van der Waals surface area contributed by atoms with Crippen LogP contribution in [0.5, 0.6) is 0 Å². The lowest BCUT2D eigenvalue weighted by molar-refractivity contribution is -0.140. The average Bonchev–Trinajstić information content (AvgIpc) is 2.73. The molecule has 1 aromatic rings. The van der Waals surface area contributed by atoms with E-state index in [0.29, 0.717) is 0 Å². The Kier molecular flexibility index (Phi) is 4.49. The molecule has 0 aliphatic heterocycles. The van der Waals surface area contributed by atoms with Crippen molar-refractivity contribution in [3.8, 4) is 0 Å². The largest absolute Gasteiger partial charge is 0.478 e. The fraction of sp³-hybridized carbons (Fsp3) is 0.400. The van der Waals surface area contributed by atoms with E-state index in [1.54, 1.807) is 0 Å². The van der Waals surface area contributed by atoms with Crippen LogP contribution >= 0.6 is 0 Å². The van der Waals surface area contributed by atoms with Gasteiger partial charge in [0.2, 0.25) is 0 Å². The number of hydrogen-bond acceptors (Lipinski definition) is 6. The number of methoxy groups -OCH3 is 1. The molecule has 1 aromatic heterocycles. The molecule has 0 aliphatic carbocycles. The zero-order valence-electron chi connectivity index (χ0n) is 9.58. The second kappa shape index (κ2) is 5.67. The highest BCUT2D eigenvalue weighted by atomic mass is 32.2. The van der Waals surface area contributed by atoms with Gasteiger partial charge in [-0.25, -0.2) is 13.2 Å². The van der Waals surface area contributed by atoms with Crippen molar-refractivity contribution in [2.45, 2.75) is 12.2 Å². The minimum Gasteiger partial charge on any atom is -0.478 e. The molecule has 0 spiro atoms. The van der Waals surface area contributed by atoms with Crippen LogP contribution in [0.25, 0.3) is 0 Å². The second-order valence-electron chi connectivity index (χ2n) is 3.48. The van der Waals surface area contributed by atoms with Crippen molar-refractivity contribution < 1.29 is 32.3 Å². The Labute approximate surface area is 103 Å². The third-order valence-electron chi connectivity index (χ3n) is 2.17. The first kappa shape index (κ1) is 14.2. The standard InChI is InChI=1S/C10H12O7S/c1-16-9(11)3-5-18(14,15)6-8-7(10(12)13)2-4-17-8/h2,4H,3,5-6H2,1H3,(H,12,13). The predicted octanol–water partition coefficient (Wildman–Crippen LogP) is 0.456. The Morgan fingerprint density at radius 1 is 1.44 bits per heavy atom. The molecule has 0 unspecified atom stereocenters. The Morgan fingerprint density at radius 2 is 2.11 bits per heavy atom. The van der Waals surface area contributed by atoms with E-state index in [2.05, 4.69) is 4.74 Å². The van der Waals surface area contributed by atoms with Gasteiger partial charge in [-0.2, -0.15) is 0 Å². The van der Waals surface area contributed by atoms with Crippen LogP contribution in [0.15, 0.2) is 16.7 Å². The fourth-order valence-corrected chi connectivity index (χ4v) is 2.50. The van der Waals surface area contributed by atoms with E-state index in [4.69, 9.17) is 9.52 Å². The molecule has 0 saturated heterocycles. The summed E-state index contributed by atoms with van der Waals surface area (Å²) >= 11 is 0. The van der Waals surface area contributed by atoms with E-state index < -0.39 is 33.3 Å². The lowest BCUT2D eigenvalue weighted by atomic mass is 10.3. The highest BCUT2D eigenvalue weighted by molar-refractivity contribution is 7.90. The maximum atomic E-state index is 11.6. The first-order valence-corrected chi connectivity index (χ1v) is 6.75. The molecular weight excluding hydrogens is 264 g/mol.